The lowest BCUT2D eigenvalue weighted by Crippen LogP contribution is -2.32. The number of carbonyl (C=O) groups is 1. The first kappa shape index (κ1) is 18.3. The predicted molar refractivity (Wildman–Crippen MR) is 104 cm³/mol. The Kier molecular flexibility index (Phi) is 6.96. The summed E-state index contributed by atoms with van der Waals surface area (Å²) in [7, 11) is 0. The number of unbranched alkanes of at least 4 members (excludes halogenated alkanes) is 1. The van der Waals surface area contributed by atoms with Gasteiger partial charge in [0.15, 0.2) is 0 Å². The minimum atomic E-state index is -0.179. The summed E-state index contributed by atoms with van der Waals surface area (Å²) in [6.07, 6.45) is 11.3. The Bertz CT molecular complexity index is 668. The number of nitrogens with zero attached hydrogens (tertiary/aromatic N) is 3. The largest absolute Gasteiger partial charge is 0.338 e. The molecule has 1 fully saturated rings. The van der Waals surface area contributed by atoms with Gasteiger partial charge in [-0.1, -0.05) is 6.42 Å². The molecule has 2 amide bonds. The molecule has 2 aromatic rings. The summed E-state index contributed by atoms with van der Waals surface area (Å²) < 4.78 is 0. The Morgan fingerprint density at radius 2 is 1.85 bits per heavy atom. The molecule has 6 nitrogen and oxygen atoms in total. The molecule has 1 saturated heterocycles. The molecule has 2 N–H and O–H groups in total. The standard InChI is InChI=1S/C20H27N5O/c26-20(22-10-2-5-15-25-13-3-1-4-14-25)24-18-6-7-19(23-16-18)17-8-11-21-12-9-17/h6-9,11-12,16H,1-5,10,13-15H2,(H2,22,24,26). The number of nitrogens with one attached hydrogen (secondary N) is 2. The lowest BCUT2D eigenvalue weighted by atomic mass is 10.1. The van der Waals surface area contributed by atoms with Crippen molar-refractivity contribution in [1.82, 2.24) is 20.2 Å². The number of rotatable bonds is 7. The van der Waals surface area contributed by atoms with Crippen molar-refractivity contribution >= 4 is 11.7 Å². The number of hydrogen-bond acceptors (Lipinski definition) is 4. The summed E-state index contributed by atoms with van der Waals surface area (Å²) in [6, 6.07) is 7.39. The molecule has 0 bridgehead atoms. The van der Waals surface area contributed by atoms with E-state index in [9.17, 15) is 4.79 Å². The zero-order chi connectivity index (χ0) is 18.0. The van der Waals surface area contributed by atoms with Crippen LogP contribution >= 0.6 is 0 Å². The van der Waals surface area contributed by atoms with Crippen LogP contribution in [0.1, 0.15) is 32.1 Å². The van der Waals surface area contributed by atoms with Gasteiger partial charge in [0.25, 0.3) is 0 Å². The van der Waals surface area contributed by atoms with E-state index < -0.39 is 0 Å². The van der Waals surface area contributed by atoms with Crippen molar-refractivity contribution in [3.8, 4) is 11.3 Å². The smallest absolute Gasteiger partial charge is 0.319 e. The quantitative estimate of drug-likeness (QED) is 0.747. The van der Waals surface area contributed by atoms with E-state index in [0.29, 0.717) is 12.2 Å². The van der Waals surface area contributed by atoms with Crippen LogP contribution in [-0.4, -0.2) is 47.1 Å². The first-order valence-corrected chi connectivity index (χ1v) is 9.45. The third kappa shape index (κ3) is 5.81. The van der Waals surface area contributed by atoms with E-state index in [1.165, 1.54) is 32.4 Å². The van der Waals surface area contributed by atoms with E-state index in [4.69, 9.17) is 0 Å². The molecule has 0 spiro atoms. The molecule has 0 aromatic carbocycles. The van der Waals surface area contributed by atoms with E-state index in [1.54, 1.807) is 18.6 Å². The van der Waals surface area contributed by atoms with Gasteiger partial charge in [0.05, 0.1) is 17.6 Å². The van der Waals surface area contributed by atoms with Crippen molar-refractivity contribution in [2.24, 2.45) is 0 Å². The Morgan fingerprint density at radius 1 is 1.04 bits per heavy atom. The van der Waals surface area contributed by atoms with Crippen molar-refractivity contribution in [1.29, 1.82) is 0 Å². The van der Waals surface area contributed by atoms with Gasteiger partial charge in [-0.05, 0) is 69.6 Å². The van der Waals surface area contributed by atoms with Gasteiger partial charge in [0.1, 0.15) is 0 Å². The molecule has 3 rings (SSSR count). The Balaban J connectivity index is 1.34. The van der Waals surface area contributed by atoms with Crippen molar-refractivity contribution in [2.75, 3.05) is 31.5 Å². The normalized spacial score (nSPS) is 14.8. The second kappa shape index (κ2) is 9.87. The maximum atomic E-state index is 12.0. The third-order valence-electron chi connectivity index (χ3n) is 4.63. The molecule has 0 atom stereocenters. The van der Waals surface area contributed by atoms with Crippen molar-refractivity contribution in [3.05, 3.63) is 42.9 Å². The highest BCUT2D eigenvalue weighted by atomic mass is 16.2. The fraction of sp³-hybridized carbons (Fsp3) is 0.450. The first-order valence-electron chi connectivity index (χ1n) is 9.45. The van der Waals surface area contributed by atoms with E-state index in [0.717, 1.165) is 30.6 Å². The molecule has 0 saturated carbocycles. The minimum absolute atomic E-state index is 0.179. The molecule has 3 heterocycles. The van der Waals surface area contributed by atoms with Gasteiger partial charge in [0.2, 0.25) is 0 Å². The molecule has 26 heavy (non-hydrogen) atoms. The zero-order valence-corrected chi connectivity index (χ0v) is 15.2. The Hall–Kier alpha value is -2.47. The van der Waals surface area contributed by atoms with E-state index in [2.05, 4.69) is 25.5 Å². The van der Waals surface area contributed by atoms with Crippen LogP contribution in [0.5, 0.6) is 0 Å². The Morgan fingerprint density at radius 3 is 2.58 bits per heavy atom. The number of piperidine rings is 1. The monoisotopic (exact) mass is 353 g/mol. The number of carbonyl (C=O) groups excluding carboxylic acids is 1. The number of likely N-dealkylation sites (tertiary alicyclic amines) is 1. The van der Waals surface area contributed by atoms with Gasteiger partial charge in [-0.15, -0.1) is 0 Å². The van der Waals surface area contributed by atoms with Crippen molar-refractivity contribution in [3.63, 3.8) is 0 Å². The van der Waals surface area contributed by atoms with Crippen LogP contribution in [0.25, 0.3) is 11.3 Å². The van der Waals surface area contributed by atoms with Crippen molar-refractivity contribution < 1.29 is 4.79 Å². The summed E-state index contributed by atoms with van der Waals surface area (Å²) in [5.74, 6) is 0. The van der Waals surface area contributed by atoms with Crippen LogP contribution in [0.4, 0.5) is 10.5 Å². The second-order valence-electron chi connectivity index (χ2n) is 6.66. The van der Waals surface area contributed by atoms with Crippen LogP contribution in [0.2, 0.25) is 0 Å². The van der Waals surface area contributed by atoms with Crippen LogP contribution in [0.3, 0.4) is 0 Å². The summed E-state index contributed by atoms with van der Waals surface area (Å²) in [5, 5.41) is 5.74. The van der Waals surface area contributed by atoms with Gasteiger partial charge in [-0.2, -0.15) is 0 Å². The second-order valence-corrected chi connectivity index (χ2v) is 6.66. The molecule has 0 aliphatic carbocycles. The average molecular weight is 353 g/mol. The lowest BCUT2D eigenvalue weighted by Gasteiger charge is -2.26. The molecule has 0 unspecified atom stereocenters. The highest BCUT2D eigenvalue weighted by molar-refractivity contribution is 5.89. The topological polar surface area (TPSA) is 70.2 Å². The molecule has 6 heteroatoms. The van der Waals surface area contributed by atoms with E-state index >= 15 is 0 Å². The molecule has 1 aliphatic heterocycles. The number of amides is 2. The average Bonchev–Trinajstić information content (AvgIpc) is 2.70. The summed E-state index contributed by atoms with van der Waals surface area (Å²) in [4.78, 5) is 22.9. The van der Waals surface area contributed by atoms with Crippen molar-refractivity contribution in [2.45, 2.75) is 32.1 Å². The molecule has 138 valence electrons. The van der Waals surface area contributed by atoms with Crippen LogP contribution in [0.15, 0.2) is 42.9 Å². The van der Waals surface area contributed by atoms with E-state index in [-0.39, 0.29) is 6.03 Å². The van der Waals surface area contributed by atoms with Gasteiger partial charge in [-0.3, -0.25) is 9.97 Å². The van der Waals surface area contributed by atoms with Crippen LogP contribution in [-0.2, 0) is 0 Å². The number of urea groups is 1. The third-order valence-corrected chi connectivity index (χ3v) is 4.63. The molecule has 1 aliphatic rings. The lowest BCUT2D eigenvalue weighted by molar-refractivity contribution is 0.224. The number of aromatic nitrogens is 2. The zero-order valence-electron chi connectivity index (χ0n) is 15.2. The first-order chi connectivity index (χ1) is 12.8. The fourth-order valence-corrected chi connectivity index (χ4v) is 3.18. The van der Waals surface area contributed by atoms with Crippen LogP contribution in [0, 0.1) is 0 Å². The molecule has 0 radical (unpaired) electrons. The SMILES string of the molecule is O=C(NCCCCN1CCCCC1)Nc1ccc(-c2ccncc2)nc1. The summed E-state index contributed by atoms with van der Waals surface area (Å²) >= 11 is 0. The number of pyridine rings is 2. The number of hydrogen-bond donors (Lipinski definition) is 2. The maximum absolute atomic E-state index is 12.0. The van der Waals surface area contributed by atoms with Crippen LogP contribution < -0.4 is 10.6 Å². The Labute approximate surface area is 155 Å². The van der Waals surface area contributed by atoms with Gasteiger partial charge in [-0.25, -0.2) is 4.79 Å². The van der Waals surface area contributed by atoms with Gasteiger partial charge in [0, 0.05) is 24.5 Å². The molecular formula is C20H27N5O. The minimum Gasteiger partial charge on any atom is -0.338 e. The molecular weight excluding hydrogens is 326 g/mol. The van der Waals surface area contributed by atoms with E-state index in [1.807, 2.05) is 24.3 Å². The fourth-order valence-electron chi connectivity index (χ4n) is 3.18. The summed E-state index contributed by atoms with van der Waals surface area (Å²) in [5.41, 5.74) is 2.55. The molecule has 2 aromatic heterocycles. The van der Waals surface area contributed by atoms with Gasteiger partial charge < -0.3 is 15.5 Å². The highest BCUT2D eigenvalue weighted by Crippen LogP contribution is 2.17. The number of anilines is 1. The summed E-state index contributed by atoms with van der Waals surface area (Å²) in [6.45, 7) is 4.30. The highest BCUT2D eigenvalue weighted by Gasteiger charge is 2.09. The van der Waals surface area contributed by atoms with Gasteiger partial charge >= 0.3 is 6.03 Å². The maximum Gasteiger partial charge on any atom is 0.319 e. The predicted octanol–water partition coefficient (Wildman–Crippen LogP) is 3.53.